The summed E-state index contributed by atoms with van der Waals surface area (Å²) in [5, 5.41) is 1.69. The maximum Gasteiger partial charge on any atom is 0.239 e. The van der Waals surface area contributed by atoms with Crippen LogP contribution >= 0.6 is 22.9 Å². The van der Waals surface area contributed by atoms with E-state index in [1.807, 2.05) is 30.3 Å². The lowest BCUT2D eigenvalue weighted by Gasteiger charge is -2.38. The summed E-state index contributed by atoms with van der Waals surface area (Å²) in [7, 11) is 0. The summed E-state index contributed by atoms with van der Waals surface area (Å²) < 4.78 is 1.20. The molecule has 5 nitrogen and oxygen atoms in total. The Morgan fingerprint density at radius 3 is 2.42 bits per heavy atom. The largest absolute Gasteiger partial charge is 0.368 e. The van der Waals surface area contributed by atoms with E-state index in [1.165, 1.54) is 4.70 Å². The van der Waals surface area contributed by atoms with Crippen LogP contribution in [0, 0.1) is 0 Å². The van der Waals surface area contributed by atoms with E-state index in [2.05, 4.69) is 15.9 Å². The standard InChI is InChI=1S/C19H19ClN4OS/c20-14-7-5-13(6-8-14)17(18(21)25)23-9-11-24(12-10-23)19-22-15-3-1-2-4-16(15)26-19/h1-8,17H,9-12H2,(H2,21,25)/t17-/m1/s1. The number of halogens is 1. The van der Waals surface area contributed by atoms with Gasteiger partial charge in [-0.15, -0.1) is 0 Å². The Balaban J connectivity index is 1.49. The Bertz CT molecular complexity index is 886. The molecule has 0 bridgehead atoms. The van der Waals surface area contributed by atoms with Gasteiger partial charge in [-0.05, 0) is 29.8 Å². The molecule has 1 saturated heterocycles. The van der Waals surface area contributed by atoms with Crippen LogP contribution in [0.15, 0.2) is 48.5 Å². The maximum absolute atomic E-state index is 12.1. The van der Waals surface area contributed by atoms with Gasteiger partial charge < -0.3 is 10.6 Å². The van der Waals surface area contributed by atoms with Gasteiger partial charge in [-0.1, -0.05) is 47.2 Å². The van der Waals surface area contributed by atoms with E-state index in [9.17, 15) is 4.79 Å². The Hall–Kier alpha value is -2.15. The smallest absolute Gasteiger partial charge is 0.239 e. The molecule has 0 aliphatic carbocycles. The van der Waals surface area contributed by atoms with Crippen molar-refractivity contribution in [1.29, 1.82) is 0 Å². The lowest BCUT2D eigenvalue weighted by molar-refractivity contribution is -0.123. The average molecular weight is 387 g/mol. The summed E-state index contributed by atoms with van der Waals surface area (Å²) in [6.07, 6.45) is 0. The fraction of sp³-hybridized carbons (Fsp3) is 0.263. The van der Waals surface area contributed by atoms with Crippen molar-refractivity contribution in [3.05, 3.63) is 59.1 Å². The molecule has 0 unspecified atom stereocenters. The zero-order valence-electron chi connectivity index (χ0n) is 14.1. The Kier molecular flexibility index (Phi) is 4.80. The highest BCUT2D eigenvalue weighted by molar-refractivity contribution is 7.22. The van der Waals surface area contributed by atoms with E-state index in [1.54, 1.807) is 23.5 Å². The van der Waals surface area contributed by atoms with Crippen LogP contribution in [0.3, 0.4) is 0 Å². The highest BCUT2D eigenvalue weighted by Crippen LogP contribution is 2.30. The third-order valence-corrected chi connectivity index (χ3v) is 6.04. The molecule has 2 heterocycles. The number of rotatable bonds is 4. The van der Waals surface area contributed by atoms with E-state index < -0.39 is 6.04 Å². The minimum atomic E-state index is -0.426. The molecule has 1 aliphatic rings. The highest BCUT2D eigenvalue weighted by Gasteiger charge is 2.29. The first-order valence-corrected chi connectivity index (χ1v) is 9.70. The quantitative estimate of drug-likeness (QED) is 0.747. The number of piperazine rings is 1. The fourth-order valence-corrected chi connectivity index (χ4v) is 4.51. The molecule has 3 aromatic rings. The first-order chi connectivity index (χ1) is 12.6. The second-order valence-electron chi connectivity index (χ2n) is 6.34. The van der Waals surface area contributed by atoms with E-state index >= 15 is 0 Å². The Labute approximate surface area is 161 Å². The number of primary amides is 1. The van der Waals surface area contributed by atoms with Gasteiger partial charge in [-0.2, -0.15) is 0 Å². The monoisotopic (exact) mass is 386 g/mol. The van der Waals surface area contributed by atoms with Crippen molar-refractivity contribution >= 4 is 44.2 Å². The number of anilines is 1. The molecule has 1 aromatic heterocycles. The van der Waals surface area contributed by atoms with Gasteiger partial charge in [0.2, 0.25) is 5.91 Å². The number of carbonyl (C=O) groups excluding carboxylic acids is 1. The Morgan fingerprint density at radius 1 is 1.08 bits per heavy atom. The summed E-state index contributed by atoms with van der Waals surface area (Å²) in [5.41, 5.74) is 7.61. The number of nitrogens with zero attached hydrogens (tertiary/aromatic N) is 3. The number of para-hydroxylation sites is 1. The van der Waals surface area contributed by atoms with Gasteiger partial charge in [-0.3, -0.25) is 9.69 Å². The molecule has 2 aromatic carbocycles. The second kappa shape index (κ2) is 7.23. The third kappa shape index (κ3) is 3.40. The predicted octanol–water partition coefficient (Wildman–Crippen LogP) is 3.30. The first-order valence-electron chi connectivity index (χ1n) is 8.51. The molecule has 0 radical (unpaired) electrons. The molecule has 0 spiro atoms. The number of thiazole rings is 1. The van der Waals surface area contributed by atoms with Crippen molar-refractivity contribution in [2.24, 2.45) is 5.73 Å². The third-order valence-electron chi connectivity index (χ3n) is 4.69. The lowest BCUT2D eigenvalue weighted by Crippen LogP contribution is -2.50. The van der Waals surface area contributed by atoms with Crippen molar-refractivity contribution in [2.45, 2.75) is 6.04 Å². The minimum absolute atomic E-state index is 0.333. The molecule has 4 rings (SSSR count). The van der Waals surface area contributed by atoms with Gasteiger partial charge in [0.05, 0.1) is 10.2 Å². The number of carbonyl (C=O) groups is 1. The number of hydrogen-bond donors (Lipinski definition) is 1. The van der Waals surface area contributed by atoms with Crippen LogP contribution in [-0.2, 0) is 4.79 Å². The van der Waals surface area contributed by atoms with Crippen LogP contribution in [0.2, 0.25) is 5.02 Å². The molecule has 1 aliphatic heterocycles. The predicted molar refractivity (Wildman–Crippen MR) is 107 cm³/mol. The van der Waals surface area contributed by atoms with Gasteiger partial charge in [-0.25, -0.2) is 4.98 Å². The van der Waals surface area contributed by atoms with E-state index in [0.717, 1.165) is 42.4 Å². The van der Waals surface area contributed by atoms with Gasteiger partial charge >= 0.3 is 0 Å². The van der Waals surface area contributed by atoms with Crippen LogP contribution in [-0.4, -0.2) is 42.0 Å². The highest BCUT2D eigenvalue weighted by atomic mass is 35.5. The first kappa shape index (κ1) is 17.3. The van der Waals surface area contributed by atoms with Crippen molar-refractivity contribution in [1.82, 2.24) is 9.88 Å². The van der Waals surface area contributed by atoms with Gasteiger partial charge in [0.15, 0.2) is 5.13 Å². The zero-order valence-corrected chi connectivity index (χ0v) is 15.7. The van der Waals surface area contributed by atoms with Crippen LogP contribution in [0.5, 0.6) is 0 Å². The summed E-state index contributed by atoms with van der Waals surface area (Å²) in [5.74, 6) is -0.333. The number of benzene rings is 2. The van der Waals surface area contributed by atoms with E-state index in [0.29, 0.717) is 5.02 Å². The van der Waals surface area contributed by atoms with Crippen LogP contribution in [0.1, 0.15) is 11.6 Å². The molecular weight excluding hydrogens is 368 g/mol. The van der Waals surface area contributed by atoms with Crippen molar-refractivity contribution in [3.8, 4) is 0 Å². The van der Waals surface area contributed by atoms with Crippen molar-refractivity contribution in [3.63, 3.8) is 0 Å². The number of fused-ring (bicyclic) bond motifs is 1. The molecule has 2 N–H and O–H groups in total. The summed E-state index contributed by atoms with van der Waals surface area (Å²) >= 11 is 7.67. The number of nitrogens with two attached hydrogens (primary N) is 1. The molecule has 1 atom stereocenters. The summed E-state index contributed by atoms with van der Waals surface area (Å²) in [6, 6.07) is 15.1. The molecule has 134 valence electrons. The summed E-state index contributed by atoms with van der Waals surface area (Å²) in [6.45, 7) is 3.15. The number of amides is 1. The SMILES string of the molecule is NC(=O)[C@@H](c1ccc(Cl)cc1)N1CCN(c2nc3ccccc3s2)CC1. The Morgan fingerprint density at radius 2 is 1.77 bits per heavy atom. The second-order valence-corrected chi connectivity index (χ2v) is 7.79. The minimum Gasteiger partial charge on any atom is -0.368 e. The summed E-state index contributed by atoms with van der Waals surface area (Å²) in [4.78, 5) is 21.2. The van der Waals surface area contributed by atoms with Crippen molar-refractivity contribution in [2.75, 3.05) is 31.1 Å². The topological polar surface area (TPSA) is 62.5 Å². The molecule has 1 fully saturated rings. The van der Waals surface area contributed by atoms with Crippen LogP contribution < -0.4 is 10.6 Å². The van der Waals surface area contributed by atoms with Gasteiger partial charge in [0, 0.05) is 31.2 Å². The van der Waals surface area contributed by atoms with Gasteiger partial charge in [0.1, 0.15) is 6.04 Å². The van der Waals surface area contributed by atoms with Crippen LogP contribution in [0.4, 0.5) is 5.13 Å². The fourth-order valence-electron chi connectivity index (χ4n) is 3.37. The van der Waals surface area contributed by atoms with E-state index in [4.69, 9.17) is 22.3 Å². The van der Waals surface area contributed by atoms with Crippen molar-refractivity contribution < 1.29 is 4.79 Å². The average Bonchev–Trinajstić information content (AvgIpc) is 3.08. The number of hydrogen-bond acceptors (Lipinski definition) is 5. The normalized spacial score (nSPS) is 16.7. The zero-order chi connectivity index (χ0) is 18.1. The molecule has 0 saturated carbocycles. The lowest BCUT2D eigenvalue weighted by atomic mass is 10.0. The van der Waals surface area contributed by atoms with Gasteiger partial charge in [0.25, 0.3) is 0 Å². The molecule has 1 amide bonds. The van der Waals surface area contributed by atoms with E-state index in [-0.39, 0.29) is 5.91 Å². The van der Waals surface area contributed by atoms with Crippen LogP contribution in [0.25, 0.3) is 10.2 Å². The molecule has 7 heteroatoms. The molecule has 26 heavy (non-hydrogen) atoms. The maximum atomic E-state index is 12.1. The number of aromatic nitrogens is 1. The molecular formula is C19H19ClN4OS.